The molecule has 3 heterocycles. The molecule has 2 aliphatic rings. The van der Waals surface area contributed by atoms with Crippen LogP contribution < -0.4 is 20.1 Å². The second-order valence-corrected chi connectivity index (χ2v) is 8.34. The number of aromatic nitrogens is 2. The van der Waals surface area contributed by atoms with Crippen molar-refractivity contribution in [3.8, 4) is 11.5 Å². The van der Waals surface area contributed by atoms with E-state index in [2.05, 4.69) is 31.7 Å². The number of ether oxygens (including phenoxy) is 2. The first-order chi connectivity index (χ1) is 15.3. The number of nitrogens with zero attached hydrogens (tertiary/aromatic N) is 2. The summed E-state index contributed by atoms with van der Waals surface area (Å²) in [7, 11) is 0. The lowest BCUT2D eigenvalue weighted by atomic mass is 9.96. The van der Waals surface area contributed by atoms with Crippen LogP contribution in [0.25, 0.3) is 0 Å². The van der Waals surface area contributed by atoms with Crippen molar-refractivity contribution in [3.05, 3.63) is 64.3 Å². The highest BCUT2D eigenvalue weighted by Gasteiger charge is 2.47. The highest BCUT2D eigenvalue weighted by atomic mass is 79.9. The summed E-state index contributed by atoms with van der Waals surface area (Å²) in [4.78, 5) is 12.6. The van der Waals surface area contributed by atoms with E-state index in [0.717, 1.165) is 9.15 Å². The zero-order valence-electron chi connectivity index (χ0n) is 16.3. The second-order valence-electron chi connectivity index (χ2n) is 7.42. The van der Waals surface area contributed by atoms with Crippen molar-refractivity contribution in [3.63, 3.8) is 0 Å². The van der Waals surface area contributed by atoms with Gasteiger partial charge in [0, 0.05) is 22.6 Å². The first kappa shape index (κ1) is 20.7. The number of hydrogen-bond donors (Lipinski definition) is 2. The maximum absolute atomic E-state index is 13.9. The third kappa shape index (κ3) is 3.88. The molecule has 32 heavy (non-hydrogen) atoms. The first-order valence-electron chi connectivity index (χ1n) is 9.67. The van der Waals surface area contributed by atoms with Crippen molar-refractivity contribution < 1.29 is 27.4 Å². The van der Waals surface area contributed by atoms with E-state index < -0.39 is 24.2 Å². The Hall–Kier alpha value is -3.21. The van der Waals surface area contributed by atoms with E-state index in [9.17, 15) is 18.0 Å². The minimum absolute atomic E-state index is 0.0751. The van der Waals surface area contributed by atoms with E-state index in [1.54, 1.807) is 42.5 Å². The number of hydrogen-bond acceptors (Lipinski definition) is 5. The Labute approximate surface area is 188 Å². The van der Waals surface area contributed by atoms with Crippen LogP contribution in [0.4, 0.5) is 24.7 Å². The minimum atomic E-state index is -4.54. The largest absolute Gasteiger partial charge is 0.454 e. The smallest absolute Gasteiger partial charge is 0.410 e. The molecule has 5 rings (SSSR count). The quantitative estimate of drug-likeness (QED) is 0.502. The maximum atomic E-state index is 13.9. The molecular formula is C21H16BrF3N4O3. The van der Waals surface area contributed by atoms with Gasteiger partial charge in [-0.3, -0.25) is 4.79 Å². The number of carbonyl (C=O) groups excluding carboxylic acids is 1. The first-order valence-corrected chi connectivity index (χ1v) is 10.5. The molecule has 3 aromatic rings. The number of anilines is 2. The van der Waals surface area contributed by atoms with Crippen LogP contribution in [0.5, 0.6) is 11.5 Å². The Morgan fingerprint density at radius 1 is 1.12 bits per heavy atom. The van der Waals surface area contributed by atoms with Crippen LogP contribution in [0.1, 0.15) is 34.6 Å². The van der Waals surface area contributed by atoms with Crippen molar-refractivity contribution >= 4 is 33.3 Å². The molecule has 0 saturated heterocycles. The Balaban J connectivity index is 1.44. The van der Waals surface area contributed by atoms with Crippen molar-refractivity contribution in [1.82, 2.24) is 9.78 Å². The monoisotopic (exact) mass is 508 g/mol. The van der Waals surface area contributed by atoms with Gasteiger partial charge >= 0.3 is 6.18 Å². The predicted molar refractivity (Wildman–Crippen MR) is 113 cm³/mol. The van der Waals surface area contributed by atoms with Gasteiger partial charge in [0.2, 0.25) is 6.79 Å². The number of benzene rings is 2. The van der Waals surface area contributed by atoms with E-state index in [1.165, 1.54) is 6.07 Å². The third-order valence-corrected chi connectivity index (χ3v) is 5.85. The minimum Gasteiger partial charge on any atom is -0.454 e. The van der Waals surface area contributed by atoms with Crippen LogP contribution in [0.3, 0.4) is 0 Å². The lowest BCUT2D eigenvalue weighted by Crippen LogP contribution is -2.35. The van der Waals surface area contributed by atoms with E-state index in [1.807, 2.05) is 0 Å². The number of carbonyl (C=O) groups is 1. The topological polar surface area (TPSA) is 77.4 Å². The molecule has 2 N–H and O–H groups in total. The van der Waals surface area contributed by atoms with Crippen LogP contribution >= 0.6 is 15.9 Å². The molecule has 0 fully saturated rings. The molecule has 0 bridgehead atoms. The van der Waals surface area contributed by atoms with Gasteiger partial charge in [-0.05, 0) is 42.0 Å². The molecule has 166 valence electrons. The van der Waals surface area contributed by atoms with Gasteiger partial charge in [0.25, 0.3) is 5.91 Å². The Morgan fingerprint density at radius 3 is 2.62 bits per heavy atom. The average Bonchev–Trinajstić information content (AvgIpc) is 3.40. The fourth-order valence-corrected chi connectivity index (χ4v) is 4.03. The number of fused-ring (bicyclic) bond motifs is 2. The Kier molecular flexibility index (Phi) is 5.00. The Morgan fingerprint density at radius 2 is 1.88 bits per heavy atom. The fraction of sp³-hybridized carbons (Fsp3) is 0.238. The molecule has 2 aliphatic heterocycles. The molecule has 0 saturated carbocycles. The molecule has 0 aliphatic carbocycles. The summed E-state index contributed by atoms with van der Waals surface area (Å²) in [5.41, 5.74) is 1.01. The van der Waals surface area contributed by atoms with Gasteiger partial charge in [0.1, 0.15) is 5.82 Å². The zero-order valence-corrected chi connectivity index (χ0v) is 17.9. The van der Waals surface area contributed by atoms with Gasteiger partial charge in [-0.15, -0.1) is 0 Å². The molecule has 1 amide bonds. The molecule has 1 aromatic heterocycles. The molecule has 0 radical (unpaired) electrons. The van der Waals surface area contributed by atoms with Crippen LogP contribution in [-0.4, -0.2) is 28.7 Å². The number of rotatable bonds is 3. The summed E-state index contributed by atoms with van der Waals surface area (Å²) in [6, 6.07) is 10.7. The summed E-state index contributed by atoms with van der Waals surface area (Å²) in [6.07, 6.45) is -4.83. The van der Waals surface area contributed by atoms with E-state index in [-0.39, 0.29) is 24.7 Å². The number of halogens is 4. The summed E-state index contributed by atoms with van der Waals surface area (Å²) in [6.45, 7) is 0.0751. The highest BCUT2D eigenvalue weighted by molar-refractivity contribution is 9.10. The average molecular weight is 509 g/mol. The van der Waals surface area contributed by atoms with Crippen molar-refractivity contribution in [2.75, 3.05) is 17.4 Å². The molecule has 2 aromatic carbocycles. The molecule has 11 heteroatoms. The van der Waals surface area contributed by atoms with Crippen LogP contribution in [0.15, 0.2) is 53.0 Å². The second kappa shape index (κ2) is 7.73. The third-order valence-electron chi connectivity index (χ3n) is 5.32. The van der Waals surface area contributed by atoms with Crippen molar-refractivity contribution in [2.24, 2.45) is 0 Å². The SMILES string of the molecule is O=C(Nc1ccc(Br)cc1)c1cc2n(n1)C(C(F)(F)F)CC(c1ccc3c(c1)OCO3)N2. The summed E-state index contributed by atoms with van der Waals surface area (Å²) in [5.74, 6) is 0.550. The van der Waals surface area contributed by atoms with Crippen LogP contribution in [0, 0.1) is 0 Å². The lowest BCUT2D eigenvalue weighted by molar-refractivity contribution is -0.173. The van der Waals surface area contributed by atoms with Gasteiger partial charge in [-0.25, -0.2) is 4.68 Å². The summed E-state index contributed by atoms with van der Waals surface area (Å²) in [5, 5.41) is 9.68. The van der Waals surface area contributed by atoms with Gasteiger partial charge in [-0.2, -0.15) is 18.3 Å². The molecular weight excluding hydrogens is 493 g/mol. The van der Waals surface area contributed by atoms with Gasteiger partial charge < -0.3 is 20.1 Å². The van der Waals surface area contributed by atoms with Crippen LogP contribution in [0.2, 0.25) is 0 Å². The number of amides is 1. The van der Waals surface area contributed by atoms with Crippen molar-refractivity contribution in [1.29, 1.82) is 0 Å². The maximum Gasteiger partial charge on any atom is 0.410 e. The molecule has 2 unspecified atom stereocenters. The van der Waals surface area contributed by atoms with Gasteiger partial charge in [0.15, 0.2) is 23.2 Å². The van der Waals surface area contributed by atoms with Gasteiger partial charge in [0.05, 0.1) is 6.04 Å². The molecule has 7 nitrogen and oxygen atoms in total. The van der Waals surface area contributed by atoms with E-state index in [0.29, 0.717) is 22.7 Å². The highest BCUT2D eigenvalue weighted by Crippen LogP contribution is 2.45. The van der Waals surface area contributed by atoms with E-state index in [4.69, 9.17) is 9.47 Å². The Bertz CT molecular complexity index is 1180. The van der Waals surface area contributed by atoms with Crippen LogP contribution in [-0.2, 0) is 0 Å². The number of nitrogens with one attached hydrogen (secondary N) is 2. The standard InChI is InChI=1S/C21H16BrF3N4O3/c22-12-2-4-13(5-3-12)26-20(30)15-9-19-27-14(8-18(21(23,24)25)29(19)28-15)11-1-6-16-17(7-11)32-10-31-16/h1-7,9,14,18,27H,8,10H2,(H,26,30). The molecule has 2 atom stereocenters. The van der Waals surface area contributed by atoms with E-state index >= 15 is 0 Å². The van der Waals surface area contributed by atoms with Crippen molar-refractivity contribution in [2.45, 2.75) is 24.7 Å². The predicted octanol–water partition coefficient (Wildman–Crippen LogP) is 5.29. The lowest BCUT2D eigenvalue weighted by Gasteiger charge is -2.33. The zero-order chi connectivity index (χ0) is 22.5. The fourth-order valence-electron chi connectivity index (χ4n) is 3.76. The van der Waals surface area contributed by atoms with Gasteiger partial charge in [-0.1, -0.05) is 22.0 Å². The normalized spacial score (nSPS) is 19.2. The molecule has 0 spiro atoms. The summed E-state index contributed by atoms with van der Waals surface area (Å²) < 4.78 is 53.9. The number of alkyl halides is 3. The summed E-state index contributed by atoms with van der Waals surface area (Å²) >= 11 is 3.30.